The van der Waals surface area contributed by atoms with Gasteiger partial charge in [0.25, 0.3) is 0 Å². The summed E-state index contributed by atoms with van der Waals surface area (Å²) in [5.41, 5.74) is 5.86. The summed E-state index contributed by atoms with van der Waals surface area (Å²) < 4.78 is 1.33. The number of halogens is 1. The van der Waals surface area contributed by atoms with Crippen LogP contribution >= 0.6 is 22.6 Å². The molecule has 0 saturated heterocycles. The summed E-state index contributed by atoms with van der Waals surface area (Å²) in [5, 5.41) is 2.04. The first-order chi connectivity index (χ1) is 6.70. The van der Waals surface area contributed by atoms with Crippen LogP contribution in [-0.4, -0.2) is 5.01 Å². The van der Waals surface area contributed by atoms with Crippen molar-refractivity contribution in [3.63, 3.8) is 0 Å². The molecule has 0 saturated carbocycles. The molecule has 2 aliphatic heterocycles. The van der Waals surface area contributed by atoms with Crippen molar-refractivity contribution in [3.8, 4) is 0 Å². The molecule has 0 radical (unpaired) electrons. The fourth-order valence-corrected chi connectivity index (χ4v) is 2.72. The molecule has 0 aromatic carbocycles. The number of fused-ring (bicyclic) bond motifs is 1. The molecule has 1 N–H and O–H groups in total. The molecule has 0 unspecified atom stereocenters. The zero-order chi connectivity index (χ0) is 10.1. The Morgan fingerprint density at radius 3 is 2.86 bits per heavy atom. The van der Waals surface area contributed by atoms with Crippen LogP contribution in [0, 0.1) is 5.92 Å². The minimum absolute atomic E-state index is 0.559. The van der Waals surface area contributed by atoms with Crippen LogP contribution in [0.25, 0.3) is 0 Å². The summed E-state index contributed by atoms with van der Waals surface area (Å²) in [7, 11) is 0. The molecule has 14 heavy (non-hydrogen) atoms. The van der Waals surface area contributed by atoms with Gasteiger partial charge in [-0.15, -0.1) is 0 Å². The molecule has 0 fully saturated rings. The van der Waals surface area contributed by atoms with Crippen molar-refractivity contribution in [3.05, 3.63) is 45.5 Å². The standard InChI is InChI=1S/C11H13IN2/c1-8(2)9-7-13-14-6-4-3-5-10(14)11(9)12/h3-8,13H,1-2H3. The van der Waals surface area contributed by atoms with E-state index in [1.165, 1.54) is 14.8 Å². The maximum atomic E-state index is 3.25. The highest BCUT2D eigenvalue weighted by atomic mass is 127. The van der Waals surface area contributed by atoms with Gasteiger partial charge in [-0.2, -0.15) is 0 Å². The lowest BCUT2D eigenvalue weighted by molar-refractivity contribution is 0.393. The number of nitrogens with one attached hydrogen (secondary N) is 1. The van der Waals surface area contributed by atoms with Gasteiger partial charge in [-0.1, -0.05) is 19.9 Å². The third kappa shape index (κ3) is 1.61. The summed E-state index contributed by atoms with van der Waals surface area (Å²) in [6.45, 7) is 4.43. The molecule has 0 bridgehead atoms. The number of hydrogen-bond donors (Lipinski definition) is 1. The van der Waals surface area contributed by atoms with E-state index in [-0.39, 0.29) is 0 Å². The van der Waals surface area contributed by atoms with Gasteiger partial charge in [-0.05, 0) is 46.2 Å². The number of allylic oxidation sites excluding steroid dienone is 5. The topological polar surface area (TPSA) is 15.3 Å². The molecule has 3 heteroatoms. The Kier molecular flexibility index (Phi) is 2.67. The molecule has 0 amide bonds. The normalized spacial score (nSPS) is 19.7. The molecule has 2 heterocycles. The average Bonchev–Trinajstić information content (AvgIpc) is 2.18. The minimum Gasteiger partial charge on any atom is -0.301 e. The molecule has 74 valence electrons. The Balaban J connectivity index is 2.39. The molecule has 0 aromatic heterocycles. The van der Waals surface area contributed by atoms with Gasteiger partial charge in [0.1, 0.15) is 0 Å². The van der Waals surface area contributed by atoms with E-state index in [1.54, 1.807) is 0 Å². The second kappa shape index (κ2) is 3.81. The Morgan fingerprint density at radius 1 is 1.36 bits per heavy atom. The molecule has 2 aliphatic rings. The van der Waals surface area contributed by atoms with Crippen molar-refractivity contribution in [1.82, 2.24) is 10.4 Å². The summed E-state index contributed by atoms with van der Waals surface area (Å²) in [4.78, 5) is 0. The summed E-state index contributed by atoms with van der Waals surface area (Å²) in [5.74, 6) is 0.559. The smallest absolute Gasteiger partial charge is 0.0760 e. The molecule has 0 aliphatic carbocycles. The van der Waals surface area contributed by atoms with Crippen molar-refractivity contribution in [2.24, 2.45) is 5.92 Å². The minimum atomic E-state index is 0.559. The monoisotopic (exact) mass is 300 g/mol. The average molecular weight is 300 g/mol. The van der Waals surface area contributed by atoms with E-state index in [0.717, 1.165) is 0 Å². The van der Waals surface area contributed by atoms with Crippen molar-refractivity contribution in [1.29, 1.82) is 0 Å². The van der Waals surface area contributed by atoms with Crippen molar-refractivity contribution < 1.29 is 0 Å². The maximum absolute atomic E-state index is 3.25. The Morgan fingerprint density at radius 2 is 2.14 bits per heavy atom. The second-order valence-electron chi connectivity index (χ2n) is 3.65. The van der Waals surface area contributed by atoms with Crippen LogP contribution in [-0.2, 0) is 0 Å². The lowest BCUT2D eigenvalue weighted by Crippen LogP contribution is -2.33. The van der Waals surface area contributed by atoms with Crippen LogP contribution in [0.3, 0.4) is 0 Å². The van der Waals surface area contributed by atoms with Crippen LogP contribution in [0.15, 0.2) is 45.5 Å². The van der Waals surface area contributed by atoms with E-state index < -0.39 is 0 Å². The Bertz CT molecular complexity index is 361. The van der Waals surface area contributed by atoms with Crippen LogP contribution < -0.4 is 5.43 Å². The third-order valence-electron chi connectivity index (χ3n) is 2.32. The largest absolute Gasteiger partial charge is 0.301 e. The zero-order valence-electron chi connectivity index (χ0n) is 8.29. The van der Waals surface area contributed by atoms with E-state index in [0.29, 0.717) is 5.92 Å². The molecular weight excluding hydrogens is 287 g/mol. The number of nitrogens with zero attached hydrogens (tertiary/aromatic N) is 1. The molecule has 2 nitrogen and oxygen atoms in total. The molecular formula is C11H13IN2. The van der Waals surface area contributed by atoms with Crippen LogP contribution in [0.2, 0.25) is 0 Å². The summed E-state index contributed by atoms with van der Waals surface area (Å²) >= 11 is 2.41. The number of rotatable bonds is 1. The highest BCUT2D eigenvalue weighted by Crippen LogP contribution is 2.33. The first-order valence-corrected chi connectivity index (χ1v) is 5.78. The van der Waals surface area contributed by atoms with Gasteiger partial charge in [0.05, 0.1) is 5.70 Å². The predicted molar refractivity (Wildman–Crippen MR) is 67.2 cm³/mol. The van der Waals surface area contributed by atoms with Crippen LogP contribution in [0.5, 0.6) is 0 Å². The fourth-order valence-electron chi connectivity index (χ4n) is 1.50. The number of hydrogen-bond acceptors (Lipinski definition) is 2. The van der Waals surface area contributed by atoms with E-state index >= 15 is 0 Å². The second-order valence-corrected chi connectivity index (χ2v) is 4.73. The van der Waals surface area contributed by atoms with Gasteiger partial charge in [0.2, 0.25) is 0 Å². The SMILES string of the molecule is CC(C)C1=CNN2C=CC=CC2=C1I. The van der Waals surface area contributed by atoms with Crippen LogP contribution in [0.1, 0.15) is 13.8 Å². The maximum Gasteiger partial charge on any atom is 0.0760 e. The molecule has 0 spiro atoms. The number of hydrazine groups is 1. The zero-order valence-corrected chi connectivity index (χ0v) is 10.4. The fraction of sp³-hybridized carbons (Fsp3) is 0.273. The van der Waals surface area contributed by atoms with Gasteiger partial charge in [0.15, 0.2) is 0 Å². The van der Waals surface area contributed by atoms with Crippen molar-refractivity contribution in [2.75, 3.05) is 0 Å². The van der Waals surface area contributed by atoms with Crippen molar-refractivity contribution in [2.45, 2.75) is 13.8 Å². The van der Waals surface area contributed by atoms with Gasteiger partial charge in [-0.3, -0.25) is 5.01 Å². The van der Waals surface area contributed by atoms with Gasteiger partial charge < -0.3 is 5.43 Å². The Labute approximate surface area is 98.2 Å². The molecule has 0 atom stereocenters. The van der Waals surface area contributed by atoms with Crippen LogP contribution in [0.4, 0.5) is 0 Å². The van der Waals surface area contributed by atoms with E-state index in [2.05, 4.69) is 60.2 Å². The highest BCUT2D eigenvalue weighted by molar-refractivity contribution is 14.1. The summed E-state index contributed by atoms with van der Waals surface area (Å²) in [6.07, 6.45) is 10.3. The first kappa shape index (κ1) is 9.83. The lowest BCUT2D eigenvalue weighted by atomic mass is 10.0. The quantitative estimate of drug-likeness (QED) is 0.749. The molecule has 2 rings (SSSR count). The molecule has 0 aromatic rings. The van der Waals surface area contributed by atoms with Gasteiger partial charge >= 0.3 is 0 Å². The third-order valence-corrected chi connectivity index (χ3v) is 3.49. The first-order valence-electron chi connectivity index (χ1n) is 4.70. The van der Waals surface area contributed by atoms with Gasteiger partial charge in [-0.25, -0.2) is 0 Å². The van der Waals surface area contributed by atoms with Gasteiger partial charge in [0, 0.05) is 16.0 Å². The van der Waals surface area contributed by atoms with E-state index in [9.17, 15) is 0 Å². The lowest BCUT2D eigenvalue weighted by Gasteiger charge is -2.30. The summed E-state index contributed by atoms with van der Waals surface area (Å²) in [6, 6.07) is 0. The van der Waals surface area contributed by atoms with E-state index in [4.69, 9.17) is 0 Å². The van der Waals surface area contributed by atoms with E-state index in [1.807, 2.05) is 17.3 Å². The predicted octanol–water partition coefficient (Wildman–Crippen LogP) is 3.08. The van der Waals surface area contributed by atoms with Crippen molar-refractivity contribution >= 4 is 22.6 Å². The highest BCUT2D eigenvalue weighted by Gasteiger charge is 2.19. The Hall–Kier alpha value is -0.710.